The monoisotopic (exact) mass is 528 g/mol. The van der Waals surface area contributed by atoms with Gasteiger partial charge in [-0.3, -0.25) is 9.69 Å². The van der Waals surface area contributed by atoms with Crippen molar-refractivity contribution in [1.82, 2.24) is 10.2 Å². The van der Waals surface area contributed by atoms with E-state index in [1.54, 1.807) is 18.2 Å². The van der Waals surface area contributed by atoms with Crippen molar-refractivity contribution in [2.45, 2.75) is 73.6 Å². The van der Waals surface area contributed by atoms with Crippen molar-refractivity contribution >= 4 is 26.5 Å². The summed E-state index contributed by atoms with van der Waals surface area (Å²) in [4.78, 5) is 15.8. The molecule has 3 aliphatic rings. The third kappa shape index (κ3) is 5.04. The Bertz CT molecular complexity index is 1480. The van der Waals surface area contributed by atoms with Gasteiger partial charge in [0.05, 0.1) is 15.7 Å². The topological polar surface area (TPSA) is 66.5 Å². The molecule has 2 fully saturated rings. The van der Waals surface area contributed by atoms with E-state index in [0.29, 0.717) is 17.7 Å². The van der Waals surface area contributed by atoms with Gasteiger partial charge in [-0.2, -0.15) is 0 Å². The van der Waals surface area contributed by atoms with Crippen molar-refractivity contribution in [3.63, 3.8) is 0 Å². The van der Waals surface area contributed by atoms with E-state index < -0.39 is 14.6 Å². The molecule has 38 heavy (non-hydrogen) atoms. The largest absolute Gasteiger partial charge is 0.346 e. The van der Waals surface area contributed by atoms with E-state index in [0.717, 1.165) is 36.6 Å². The lowest BCUT2D eigenvalue weighted by Gasteiger charge is -2.29. The standard InChI is InChI=1S/C32H36N2O3S/c35-31(15-16-32(17-18-32)38(36,37)28-13-12-25-7-2-3-8-26(25)22-28)33-30-10-6-9-27-21-24(11-14-29(27)30)23-34-19-4-1-5-20-34/h2-3,7-8,11-16,21-22,30H,1,4-6,9-10,17-20,23H2,(H,33,35)/b16-15+/t30-/m1/s1. The van der Waals surface area contributed by atoms with Gasteiger partial charge in [-0.05, 0) is 97.6 Å². The lowest BCUT2D eigenvalue weighted by Crippen LogP contribution is -2.31. The molecule has 1 N–H and O–H groups in total. The van der Waals surface area contributed by atoms with Gasteiger partial charge < -0.3 is 5.32 Å². The van der Waals surface area contributed by atoms with Crippen LogP contribution >= 0.6 is 0 Å². The van der Waals surface area contributed by atoms with Gasteiger partial charge in [-0.25, -0.2) is 8.42 Å². The zero-order valence-electron chi connectivity index (χ0n) is 21.9. The van der Waals surface area contributed by atoms with Crippen LogP contribution < -0.4 is 5.32 Å². The number of fused-ring (bicyclic) bond motifs is 2. The van der Waals surface area contributed by atoms with E-state index in [1.165, 1.54) is 55.1 Å². The molecule has 1 saturated carbocycles. The van der Waals surface area contributed by atoms with Crippen molar-refractivity contribution in [1.29, 1.82) is 0 Å². The van der Waals surface area contributed by atoms with E-state index >= 15 is 0 Å². The zero-order chi connectivity index (χ0) is 26.2. The summed E-state index contributed by atoms with van der Waals surface area (Å²) < 4.78 is 26.0. The molecule has 1 saturated heterocycles. The van der Waals surface area contributed by atoms with Crippen LogP contribution in [0.15, 0.2) is 77.7 Å². The minimum absolute atomic E-state index is 0.0350. The molecule has 1 aliphatic heterocycles. The Hall–Kier alpha value is -2.96. The maximum Gasteiger partial charge on any atom is 0.244 e. The fourth-order valence-electron chi connectivity index (χ4n) is 6.16. The van der Waals surface area contributed by atoms with Crippen LogP contribution in [0.1, 0.15) is 67.7 Å². The van der Waals surface area contributed by atoms with Crippen LogP contribution in [-0.4, -0.2) is 37.1 Å². The average molecular weight is 529 g/mol. The van der Waals surface area contributed by atoms with Crippen molar-refractivity contribution < 1.29 is 13.2 Å². The molecule has 1 heterocycles. The van der Waals surface area contributed by atoms with E-state index in [2.05, 4.69) is 28.4 Å². The van der Waals surface area contributed by atoms with Gasteiger partial charge in [0.25, 0.3) is 0 Å². The predicted molar refractivity (Wildman–Crippen MR) is 152 cm³/mol. The van der Waals surface area contributed by atoms with Crippen molar-refractivity contribution in [3.8, 4) is 0 Å². The number of nitrogens with one attached hydrogen (secondary N) is 1. The van der Waals surface area contributed by atoms with Gasteiger partial charge >= 0.3 is 0 Å². The summed E-state index contributed by atoms with van der Waals surface area (Å²) in [5, 5.41) is 5.08. The molecule has 6 heteroatoms. The summed E-state index contributed by atoms with van der Waals surface area (Å²) in [7, 11) is -3.58. The number of hydrogen-bond donors (Lipinski definition) is 1. The fourth-order valence-corrected chi connectivity index (χ4v) is 8.04. The smallest absolute Gasteiger partial charge is 0.244 e. The molecule has 1 amide bonds. The summed E-state index contributed by atoms with van der Waals surface area (Å²) in [5.74, 6) is -0.222. The molecule has 0 unspecified atom stereocenters. The highest BCUT2D eigenvalue weighted by atomic mass is 32.2. The van der Waals surface area contributed by atoms with Gasteiger partial charge in [-0.1, -0.05) is 61.0 Å². The van der Waals surface area contributed by atoms with Crippen LogP contribution in [0, 0.1) is 0 Å². The number of carbonyl (C=O) groups excluding carboxylic acids is 1. The molecule has 3 aromatic rings. The lowest BCUT2D eigenvalue weighted by molar-refractivity contribution is -0.117. The van der Waals surface area contributed by atoms with Gasteiger partial charge in [0.2, 0.25) is 5.91 Å². The Morgan fingerprint density at radius 1 is 0.947 bits per heavy atom. The maximum absolute atomic E-state index is 13.5. The maximum atomic E-state index is 13.5. The van der Waals surface area contributed by atoms with Gasteiger partial charge in [0, 0.05) is 12.6 Å². The average Bonchev–Trinajstić information content (AvgIpc) is 3.74. The van der Waals surface area contributed by atoms with Crippen LogP contribution in [0.25, 0.3) is 10.8 Å². The summed E-state index contributed by atoms with van der Waals surface area (Å²) in [6.45, 7) is 3.36. The molecular formula is C32H36N2O3S. The Morgan fingerprint density at radius 2 is 1.74 bits per heavy atom. The minimum Gasteiger partial charge on any atom is -0.346 e. The van der Waals surface area contributed by atoms with Crippen molar-refractivity contribution in [2.75, 3.05) is 13.1 Å². The number of aryl methyl sites for hydroxylation is 1. The molecule has 6 rings (SSSR count). The molecule has 5 nitrogen and oxygen atoms in total. The first-order chi connectivity index (χ1) is 18.4. The van der Waals surface area contributed by atoms with Gasteiger partial charge in [0.1, 0.15) is 0 Å². The normalized spacial score (nSPS) is 21.3. The Labute approximate surface area is 225 Å². The second-order valence-corrected chi connectivity index (χ2v) is 13.5. The first-order valence-electron chi connectivity index (χ1n) is 14.0. The van der Waals surface area contributed by atoms with Gasteiger partial charge in [0.15, 0.2) is 9.84 Å². The van der Waals surface area contributed by atoms with Crippen LogP contribution in [-0.2, 0) is 27.6 Å². The molecule has 198 valence electrons. The first-order valence-corrected chi connectivity index (χ1v) is 15.5. The number of carbonyl (C=O) groups is 1. The summed E-state index contributed by atoms with van der Waals surface area (Å²) >= 11 is 0. The van der Waals surface area contributed by atoms with Crippen LogP contribution in [0.3, 0.4) is 0 Å². The van der Waals surface area contributed by atoms with Crippen molar-refractivity contribution in [2.24, 2.45) is 0 Å². The van der Waals surface area contributed by atoms with Crippen LogP contribution in [0.5, 0.6) is 0 Å². The number of nitrogens with zero attached hydrogens (tertiary/aromatic N) is 1. The molecule has 0 aromatic heterocycles. The Morgan fingerprint density at radius 3 is 2.53 bits per heavy atom. The van der Waals surface area contributed by atoms with Crippen molar-refractivity contribution in [3.05, 3.63) is 89.5 Å². The highest BCUT2D eigenvalue weighted by molar-refractivity contribution is 7.93. The molecular weight excluding hydrogens is 492 g/mol. The number of hydrogen-bond acceptors (Lipinski definition) is 4. The summed E-state index contributed by atoms with van der Waals surface area (Å²) in [5.41, 5.74) is 3.88. The Balaban J connectivity index is 1.14. The van der Waals surface area contributed by atoms with E-state index in [-0.39, 0.29) is 11.9 Å². The summed E-state index contributed by atoms with van der Waals surface area (Å²) in [6, 6.07) is 19.7. The van der Waals surface area contributed by atoms with Crippen LogP contribution in [0.2, 0.25) is 0 Å². The molecule has 0 radical (unpaired) electrons. The molecule has 3 aromatic carbocycles. The first kappa shape index (κ1) is 25.3. The molecule has 0 bridgehead atoms. The highest BCUT2D eigenvalue weighted by Crippen LogP contribution is 2.48. The Kier molecular flexibility index (Phi) is 6.87. The third-order valence-electron chi connectivity index (χ3n) is 8.54. The number of rotatable bonds is 7. The highest BCUT2D eigenvalue weighted by Gasteiger charge is 2.53. The third-order valence-corrected chi connectivity index (χ3v) is 11.0. The second-order valence-electron chi connectivity index (χ2n) is 11.2. The van der Waals surface area contributed by atoms with Gasteiger partial charge in [-0.15, -0.1) is 0 Å². The van der Waals surface area contributed by atoms with E-state index in [1.807, 2.05) is 30.3 Å². The number of likely N-dealkylation sites (tertiary alicyclic amines) is 1. The number of benzene rings is 3. The predicted octanol–water partition coefficient (Wildman–Crippen LogP) is 5.88. The molecule has 1 atom stereocenters. The lowest BCUT2D eigenvalue weighted by atomic mass is 9.86. The fraction of sp³-hybridized carbons (Fsp3) is 0.406. The minimum atomic E-state index is -3.58. The quantitative estimate of drug-likeness (QED) is 0.389. The van der Waals surface area contributed by atoms with Crippen LogP contribution in [0.4, 0.5) is 0 Å². The van der Waals surface area contributed by atoms with E-state index in [4.69, 9.17) is 0 Å². The second kappa shape index (κ2) is 10.3. The van der Waals surface area contributed by atoms with E-state index in [9.17, 15) is 13.2 Å². The number of amides is 1. The summed E-state index contributed by atoms with van der Waals surface area (Å²) in [6.07, 6.45) is 11.0. The zero-order valence-corrected chi connectivity index (χ0v) is 22.7. The SMILES string of the molecule is O=C(/C=C/C1(S(=O)(=O)c2ccc3ccccc3c2)CC1)N[C@@H]1CCCc2cc(CN3CCCCC3)ccc21. The number of piperidine rings is 1. The molecule has 2 aliphatic carbocycles. The molecule has 0 spiro atoms. The number of sulfone groups is 1.